The second kappa shape index (κ2) is 10.2. The summed E-state index contributed by atoms with van der Waals surface area (Å²) in [5.41, 5.74) is 0. The number of hydrogen-bond donors (Lipinski definition) is 2. The Labute approximate surface area is 148 Å². The van der Waals surface area contributed by atoms with E-state index in [1.165, 1.54) is 0 Å². The van der Waals surface area contributed by atoms with Gasteiger partial charge in [-0.15, -0.1) is 0 Å². The Morgan fingerprint density at radius 3 is 2.75 bits per heavy atom. The van der Waals surface area contributed by atoms with Crippen LogP contribution in [0.4, 0.5) is 0 Å². The van der Waals surface area contributed by atoms with E-state index in [2.05, 4.69) is 17.6 Å². The molecule has 0 aromatic carbocycles. The van der Waals surface area contributed by atoms with Gasteiger partial charge >= 0.3 is 5.97 Å². The average molecular weight is 357 g/mol. The zero-order chi connectivity index (χ0) is 18.1. The van der Waals surface area contributed by atoms with E-state index in [-0.39, 0.29) is 29.5 Å². The van der Waals surface area contributed by atoms with Crippen LogP contribution in [0.3, 0.4) is 0 Å². The number of carbonyl (C=O) groups excluding carboxylic acids is 3. The van der Waals surface area contributed by atoms with Crippen LogP contribution in [0.25, 0.3) is 0 Å². The van der Waals surface area contributed by atoms with Gasteiger partial charge in [0.1, 0.15) is 6.04 Å². The summed E-state index contributed by atoms with van der Waals surface area (Å²) in [7, 11) is 0. The molecule has 0 bridgehead atoms. The van der Waals surface area contributed by atoms with Crippen LogP contribution in [0, 0.1) is 0 Å². The van der Waals surface area contributed by atoms with Gasteiger partial charge < -0.3 is 20.3 Å². The number of nitrogens with one attached hydrogen (secondary N) is 2. The van der Waals surface area contributed by atoms with E-state index in [0.29, 0.717) is 19.5 Å². The van der Waals surface area contributed by atoms with E-state index in [4.69, 9.17) is 17.0 Å². The third-order valence-corrected chi connectivity index (χ3v) is 3.91. The van der Waals surface area contributed by atoms with Crippen molar-refractivity contribution in [1.82, 2.24) is 15.5 Å². The fourth-order valence-corrected chi connectivity index (χ4v) is 2.75. The molecule has 0 unspecified atom stereocenters. The zero-order valence-corrected chi connectivity index (χ0v) is 15.4. The van der Waals surface area contributed by atoms with Crippen LogP contribution in [0.5, 0.6) is 0 Å². The predicted molar refractivity (Wildman–Crippen MR) is 94.2 cm³/mol. The van der Waals surface area contributed by atoms with Gasteiger partial charge in [0.15, 0.2) is 5.11 Å². The fraction of sp³-hybridized carbons (Fsp3) is 0.750. The Morgan fingerprint density at radius 2 is 2.12 bits per heavy atom. The number of esters is 1. The molecule has 0 spiro atoms. The van der Waals surface area contributed by atoms with E-state index < -0.39 is 12.0 Å². The monoisotopic (exact) mass is 357 g/mol. The highest BCUT2D eigenvalue weighted by Gasteiger charge is 2.34. The standard InChI is InChI=1S/C16H27N3O4S/c1-4-5-6-7-13(20)18-16(24)19-9-8-17-15(22)12(19)10-14(21)23-11(2)3/h11-12H,4-10H2,1-3H3,(H,17,22)(H,18,20,24)/t12-/m0/s1. The number of piperazine rings is 1. The summed E-state index contributed by atoms with van der Waals surface area (Å²) < 4.78 is 5.10. The molecule has 1 aliphatic heterocycles. The Balaban J connectivity index is 2.63. The highest BCUT2D eigenvalue weighted by molar-refractivity contribution is 7.80. The number of ether oxygens (including phenoxy) is 1. The van der Waals surface area contributed by atoms with E-state index >= 15 is 0 Å². The summed E-state index contributed by atoms with van der Waals surface area (Å²) in [5, 5.41) is 5.56. The number of rotatable bonds is 7. The van der Waals surface area contributed by atoms with Crippen molar-refractivity contribution in [3.8, 4) is 0 Å². The molecular weight excluding hydrogens is 330 g/mol. The molecule has 24 heavy (non-hydrogen) atoms. The SMILES string of the molecule is CCCCCC(=O)NC(=S)N1CCNC(=O)[C@@H]1CC(=O)OC(C)C. The second-order valence-electron chi connectivity index (χ2n) is 6.05. The maximum Gasteiger partial charge on any atom is 0.308 e. The zero-order valence-electron chi connectivity index (χ0n) is 14.6. The van der Waals surface area contributed by atoms with Gasteiger partial charge in [-0.2, -0.15) is 0 Å². The lowest BCUT2D eigenvalue weighted by atomic mass is 10.1. The highest BCUT2D eigenvalue weighted by Crippen LogP contribution is 2.11. The van der Waals surface area contributed by atoms with Crippen molar-refractivity contribution in [3.63, 3.8) is 0 Å². The number of nitrogens with zero attached hydrogens (tertiary/aromatic N) is 1. The highest BCUT2D eigenvalue weighted by atomic mass is 32.1. The summed E-state index contributed by atoms with van der Waals surface area (Å²) >= 11 is 5.26. The summed E-state index contributed by atoms with van der Waals surface area (Å²) in [5.74, 6) is -0.915. The first-order chi connectivity index (χ1) is 11.3. The van der Waals surface area contributed by atoms with Crippen LogP contribution >= 0.6 is 12.2 Å². The van der Waals surface area contributed by atoms with Crippen LogP contribution < -0.4 is 10.6 Å². The molecule has 7 nitrogen and oxygen atoms in total. The molecule has 8 heteroatoms. The Bertz CT molecular complexity index is 482. The van der Waals surface area contributed by atoms with Crippen LogP contribution in [-0.4, -0.2) is 53.0 Å². The molecule has 2 amide bonds. The molecule has 1 aliphatic rings. The van der Waals surface area contributed by atoms with Gasteiger partial charge in [0.25, 0.3) is 0 Å². The first kappa shape index (κ1) is 20.3. The summed E-state index contributed by atoms with van der Waals surface area (Å²) in [6.45, 7) is 6.42. The van der Waals surface area contributed by atoms with Crippen LogP contribution in [0.1, 0.15) is 52.9 Å². The number of hydrogen-bond acceptors (Lipinski definition) is 5. The quantitative estimate of drug-likeness (QED) is 0.403. The van der Waals surface area contributed by atoms with Gasteiger partial charge in [0.2, 0.25) is 11.8 Å². The predicted octanol–water partition coefficient (Wildman–Crippen LogP) is 1.11. The van der Waals surface area contributed by atoms with Crippen molar-refractivity contribution in [2.75, 3.05) is 13.1 Å². The molecule has 0 radical (unpaired) electrons. The molecule has 1 atom stereocenters. The van der Waals surface area contributed by atoms with Crippen molar-refractivity contribution in [3.05, 3.63) is 0 Å². The normalized spacial score (nSPS) is 17.4. The van der Waals surface area contributed by atoms with Crippen LogP contribution in [0.15, 0.2) is 0 Å². The first-order valence-corrected chi connectivity index (χ1v) is 8.83. The van der Waals surface area contributed by atoms with Crippen molar-refractivity contribution in [1.29, 1.82) is 0 Å². The maximum absolute atomic E-state index is 12.1. The molecule has 136 valence electrons. The molecule has 1 fully saturated rings. The largest absolute Gasteiger partial charge is 0.463 e. The summed E-state index contributed by atoms with van der Waals surface area (Å²) in [6.07, 6.45) is 2.86. The van der Waals surface area contributed by atoms with Gasteiger partial charge in [-0.25, -0.2) is 0 Å². The minimum absolute atomic E-state index is 0.101. The molecule has 0 aromatic rings. The van der Waals surface area contributed by atoms with E-state index in [9.17, 15) is 14.4 Å². The summed E-state index contributed by atoms with van der Waals surface area (Å²) in [4.78, 5) is 37.5. The number of amides is 2. The van der Waals surface area contributed by atoms with Crippen molar-refractivity contribution in [2.45, 2.75) is 65.0 Å². The molecule has 0 aromatic heterocycles. The van der Waals surface area contributed by atoms with Gasteiger partial charge in [-0.05, 0) is 32.5 Å². The molecule has 2 N–H and O–H groups in total. The molecular formula is C16H27N3O4S. The molecule has 0 aliphatic carbocycles. The Kier molecular flexibility index (Phi) is 8.67. The Hall–Kier alpha value is -1.70. The molecule has 0 saturated carbocycles. The topological polar surface area (TPSA) is 87.7 Å². The molecule has 1 heterocycles. The van der Waals surface area contributed by atoms with Gasteiger partial charge in [-0.3, -0.25) is 14.4 Å². The maximum atomic E-state index is 12.1. The number of carbonyl (C=O) groups is 3. The van der Waals surface area contributed by atoms with Crippen LogP contribution in [0.2, 0.25) is 0 Å². The molecule has 1 saturated heterocycles. The van der Waals surface area contributed by atoms with E-state index in [0.717, 1.165) is 19.3 Å². The lowest BCUT2D eigenvalue weighted by molar-refractivity contribution is -0.150. The van der Waals surface area contributed by atoms with E-state index in [1.54, 1.807) is 18.7 Å². The molecule has 1 rings (SSSR count). The lowest BCUT2D eigenvalue weighted by Gasteiger charge is -2.36. The first-order valence-electron chi connectivity index (χ1n) is 8.42. The van der Waals surface area contributed by atoms with Crippen molar-refractivity contribution >= 4 is 35.1 Å². The lowest BCUT2D eigenvalue weighted by Crippen LogP contribution is -2.60. The van der Waals surface area contributed by atoms with Gasteiger partial charge in [0, 0.05) is 19.5 Å². The number of thiocarbonyl (C=S) groups is 1. The Morgan fingerprint density at radius 1 is 1.42 bits per heavy atom. The van der Waals surface area contributed by atoms with Crippen LogP contribution in [-0.2, 0) is 19.1 Å². The van der Waals surface area contributed by atoms with Gasteiger partial charge in [-0.1, -0.05) is 19.8 Å². The minimum Gasteiger partial charge on any atom is -0.463 e. The third-order valence-electron chi connectivity index (χ3n) is 3.57. The average Bonchev–Trinajstić information content (AvgIpc) is 2.48. The van der Waals surface area contributed by atoms with Gasteiger partial charge in [0.05, 0.1) is 12.5 Å². The third kappa shape index (κ3) is 6.82. The summed E-state index contributed by atoms with van der Waals surface area (Å²) in [6, 6.07) is -0.756. The number of unbranched alkanes of at least 4 members (excludes halogenated alkanes) is 2. The minimum atomic E-state index is -0.756. The smallest absolute Gasteiger partial charge is 0.308 e. The fourth-order valence-electron chi connectivity index (χ4n) is 2.42. The van der Waals surface area contributed by atoms with Crippen molar-refractivity contribution in [2.24, 2.45) is 0 Å². The van der Waals surface area contributed by atoms with Crippen molar-refractivity contribution < 1.29 is 19.1 Å². The second-order valence-corrected chi connectivity index (χ2v) is 6.44. The van der Waals surface area contributed by atoms with E-state index in [1.807, 2.05) is 0 Å².